The maximum atomic E-state index is 14.5. The summed E-state index contributed by atoms with van der Waals surface area (Å²) in [5.74, 6) is -0.379. The van der Waals surface area contributed by atoms with Gasteiger partial charge in [0.15, 0.2) is 0 Å². The molecule has 0 saturated carbocycles. The highest BCUT2D eigenvalue weighted by Gasteiger charge is 2.47. The van der Waals surface area contributed by atoms with Gasteiger partial charge in [-0.15, -0.1) is 0 Å². The summed E-state index contributed by atoms with van der Waals surface area (Å²) in [6.45, 7) is 9.37. The molecule has 44 heavy (non-hydrogen) atoms. The number of piperidine rings is 1. The summed E-state index contributed by atoms with van der Waals surface area (Å²) in [4.78, 5) is 48.7. The van der Waals surface area contributed by atoms with Crippen molar-refractivity contribution in [1.29, 1.82) is 0 Å². The second-order valence-electron chi connectivity index (χ2n) is 12.5. The Hall–Kier alpha value is -4.39. The van der Waals surface area contributed by atoms with Crippen molar-refractivity contribution < 1.29 is 19.1 Å². The largest absolute Gasteiger partial charge is 0.466 e. The van der Waals surface area contributed by atoms with Gasteiger partial charge in [-0.3, -0.25) is 14.4 Å². The Morgan fingerprint density at radius 2 is 1.64 bits per heavy atom. The Kier molecular flexibility index (Phi) is 8.30. The Bertz CT molecular complexity index is 1680. The van der Waals surface area contributed by atoms with Gasteiger partial charge in [-0.05, 0) is 62.3 Å². The molecule has 2 unspecified atom stereocenters. The Balaban J connectivity index is 1.46. The summed E-state index contributed by atoms with van der Waals surface area (Å²) in [7, 11) is 0. The van der Waals surface area contributed by atoms with Crippen molar-refractivity contribution in [3.05, 3.63) is 95.1 Å². The molecule has 2 amide bonds. The minimum absolute atomic E-state index is 0.0520. The van der Waals surface area contributed by atoms with Crippen LogP contribution in [0.25, 0.3) is 22.2 Å². The molecule has 1 N–H and O–H groups in total. The molecule has 2 aliphatic rings. The Morgan fingerprint density at radius 1 is 0.955 bits per heavy atom. The SMILES string of the molecule is CCOC(=O)C1CCN(C(=O)C(CC(C)C)N2C(=O)c3ccccc3C2c2c(-c3ccc(C)cc3)[nH]c3ccccc23)CC1. The molecule has 1 aromatic heterocycles. The number of nitrogens with one attached hydrogen (secondary N) is 1. The highest BCUT2D eigenvalue weighted by Crippen LogP contribution is 2.47. The summed E-state index contributed by atoms with van der Waals surface area (Å²) in [5, 5.41) is 1.04. The number of benzene rings is 3. The van der Waals surface area contributed by atoms with Crippen LogP contribution in [-0.2, 0) is 14.3 Å². The van der Waals surface area contributed by atoms with E-state index in [2.05, 4.69) is 62.2 Å². The third kappa shape index (κ3) is 5.40. The summed E-state index contributed by atoms with van der Waals surface area (Å²) >= 11 is 0. The van der Waals surface area contributed by atoms with E-state index in [-0.39, 0.29) is 29.6 Å². The van der Waals surface area contributed by atoms with Gasteiger partial charge in [-0.2, -0.15) is 0 Å². The minimum atomic E-state index is -0.654. The molecule has 7 nitrogen and oxygen atoms in total. The predicted octanol–water partition coefficient (Wildman–Crippen LogP) is 6.90. The molecule has 0 bridgehead atoms. The van der Waals surface area contributed by atoms with Crippen molar-refractivity contribution >= 4 is 28.7 Å². The van der Waals surface area contributed by atoms with Crippen LogP contribution in [0.2, 0.25) is 0 Å². The monoisotopic (exact) mass is 591 g/mol. The van der Waals surface area contributed by atoms with Crippen LogP contribution in [0.15, 0.2) is 72.8 Å². The summed E-state index contributed by atoms with van der Waals surface area (Å²) in [6.07, 6.45) is 1.67. The normalized spacial score (nSPS) is 17.8. The Morgan fingerprint density at radius 3 is 2.34 bits per heavy atom. The lowest BCUT2D eigenvalue weighted by Crippen LogP contribution is -2.53. The van der Waals surface area contributed by atoms with Crippen LogP contribution >= 0.6 is 0 Å². The van der Waals surface area contributed by atoms with Gasteiger partial charge < -0.3 is 19.5 Å². The van der Waals surface area contributed by atoms with Crippen LogP contribution in [0.4, 0.5) is 0 Å². The molecule has 0 radical (unpaired) electrons. The number of carbonyl (C=O) groups is 3. The first-order valence-corrected chi connectivity index (χ1v) is 15.8. The van der Waals surface area contributed by atoms with Crippen molar-refractivity contribution in [1.82, 2.24) is 14.8 Å². The second kappa shape index (κ2) is 12.3. The number of rotatable bonds is 8. The summed E-state index contributed by atoms with van der Waals surface area (Å²) in [5.41, 5.74) is 6.71. The van der Waals surface area contributed by atoms with Gasteiger partial charge in [0.05, 0.1) is 24.3 Å². The number of aromatic amines is 1. The number of aromatic nitrogens is 1. The number of hydrogen-bond donors (Lipinski definition) is 1. The number of aryl methyl sites for hydroxylation is 1. The molecule has 1 fully saturated rings. The van der Waals surface area contributed by atoms with Crippen LogP contribution in [-0.4, -0.2) is 58.3 Å². The van der Waals surface area contributed by atoms with E-state index in [0.29, 0.717) is 44.5 Å². The maximum absolute atomic E-state index is 14.5. The van der Waals surface area contributed by atoms with E-state index in [9.17, 15) is 14.4 Å². The van der Waals surface area contributed by atoms with Crippen molar-refractivity contribution in [3.63, 3.8) is 0 Å². The van der Waals surface area contributed by atoms with Gasteiger partial charge >= 0.3 is 5.97 Å². The van der Waals surface area contributed by atoms with Crippen LogP contribution in [0.5, 0.6) is 0 Å². The van der Waals surface area contributed by atoms with E-state index >= 15 is 0 Å². The van der Waals surface area contributed by atoms with E-state index in [1.165, 1.54) is 5.56 Å². The first-order chi connectivity index (χ1) is 21.3. The predicted molar refractivity (Wildman–Crippen MR) is 172 cm³/mol. The van der Waals surface area contributed by atoms with Crippen molar-refractivity contribution in [2.75, 3.05) is 19.7 Å². The first-order valence-electron chi connectivity index (χ1n) is 15.8. The van der Waals surface area contributed by atoms with Gasteiger partial charge in [0.25, 0.3) is 5.91 Å². The lowest BCUT2D eigenvalue weighted by Gasteiger charge is -2.39. The molecule has 2 atom stereocenters. The number of likely N-dealkylation sites (tertiary alicyclic amines) is 1. The number of hydrogen-bond acceptors (Lipinski definition) is 4. The highest BCUT2D eigenvalue weighted by atomic mass is 16.5. The summed E-state index contributed by atoms with van der Waals surface area (Å²) in [6, 6.07) is 23.3. The van der Waals surface area contributed by atoms with Gasteiger partial charge in [0.1, 0.15) is 6.04 Å². The lowest BCUT2D eigenvalue weighted by molar-refractivity contribution is -0.152. The number of para-hydroxylation sites is 1. The molecule has 1 saturated heterocycles. The smallest absolute Gasteiger partial charge is 0.309 e. The van der Waals surface area contributed by atoms with Crippen LogP contribution < -0.4 is 0 Å². The molecule has 4 aromatic rings. The summed E-state index contributed by atoms with van der Waals surface area (Å²) < 4.78 is 5.25. The first kappa shape index (κ1) is 29.7. The van der Waals surface area contributed by atoms with E-state index in [4.69, 9.17) is 4.74 Å². The molecule has 3 aromatic carbocycles. The van der Waals surface area contributed by atoms with Gasteiger partial charge in [0.2, 0.25) is 5.91 Å². The molecule has 228 valence electrons. The zero-order valence-corrected chi connectivity index (χ0v) is 26.0. The van der Waals surface area contributed by atoms with Crippen LogP contribution in [0.3, 0.4) is 0 Å². The third-order valence-corrected chi connectivity index (χ3v) is 9.10. The quantitative estimate of drug-likeness (QED) is 0.226. The zero-order chi connectivity index (χ0) is 31.0. The maximum Gasteiger partial charge on any atom is 0.309 e. The average Bonchev–Trinajstić information content (AvgIpc) is 3.55. The fourth-order valence-corrected chi connectivity index (χ4v) is 6.93. The standard InChI is InChI=1S/C37H41N3O4/c1-5-44-37(43)26-18-20-39(21-19-26)36(42)31(22-23(2)3)40-34(27-10-6-7-11-28(27)35(40)41)32-29-12-8-9-13-30(29)38-33(32)25-16-14-24(4)15-17-25/h6-17,23,26,31,34,38H,5,18-22H2,1-4H3. The molecule has 2 aliphatic heterocycles. The number of carbonyl (C=O) groups excluding carboxylic acids is 3. The molecule has 7 heteroatoms. The molecule has 0 spiro atoms. The van der Waals surface area contributed by atoms with Crippen LogP contribution in [0.1, 0.15) is 73.1 Å². The second-order valence-corrected chi connectivity index (χ2v) is 12.5. The molecular formula is C37H41N3O4. The fourth-order valence-electron chi connectivity index (χ4n) is 6.93. The number of ether oxygens (including phenoxy) is 1. The topological polar surface area (TPSA) is 82.7 Å². The Labute approximate surface area is 259 Å². The molecule has 3 heterocycles. The average molecular weight is 592 g/mol. The lowest BCUT2D eigenvalue weighted by atomic mass is 9.91. The third-order valence-electron chi connectivity index (χ3n) is 9.10. The number of amides is 2. The minimum Gasteiger partial charge on any atom is -0.466 e. The van der Waals surface area contributed by atoms with Crippen LogP contribution in [0, 0.1) is 18.8 Å². The number of H-pyrrole nitrogens is 1. The highest BCUT2D eigenvalue weighted by molar-refractivity contribution is 6.04. The van der Waals surface area contributed by atoms with Gasteiger partial charge in [-0.1, -0.05) is 80.1 Å². The number of fused-ring (bicyclic) bond motifs is 2. The van der Waals surface area contributed by atoms with E-state index in [1.54, 1.807) is 0 Å². The van der Waals surface area contributed by atoms with Gasteiger partial charge in [0, 0.05) is 35.1 Å². The number of esters is 1. The van der Waals surface area contributed by atoms with E-state index in [1.807, 2.05) is 53.1 Å². The van der Waals surface area contributed by atoms with Crippen molar-refractivity contribution in [2.24, 2.45) is 11.8 Å². The number of nitrogens with zero attached hydrogens (tertiary/aromatic N) is 2. The van der Waals surface area contributed by atoms with Gasteiger partial charge in [-0.25, -0.2) is 0 Å². The fraction of sp³-hybridized carbons (Fsp3) is 0.378. The zero-order valence-electron chi connectivity index (χ0n) is 26.0. The van der Waals surface area contributed by atoms with Crippen molar-refractivity contribution in [3.8, 4) is 11.3 Å². The molecular weight excluding hydrogens is 550 g/mol. The molecule has 0 aliphatic carbocycles. The van der Waals surface area contributed by atoms with E-state index in [0.717, 1.165) is 33.3 Å². The van der Waals surface area contributed by atoms with Crippen molar-refractivity contribution in [2.45, 2.75) is 59.0 Å². The molecule has 6 rings (SSSR count). The van der Waals surface area contributed by atoms with E-state index < -0.39 is 12.1 Å².